The van der Waals surface area contributed by atoms with Gasteiger partial charge < -0.3 is 5.32 Å². The van der Waals surface area contributed by atoms with E-state index < -0.39 is 15.9 Å². The lowest BCUT2D eigenvalue weighted by atomic mass is 10.0. The van der Waals surface area contributed by atoms with Gasteiger partial charge in [-0.25, -0.2) is 13.4 Å². The SMILES string of the molecule is O=C(Nc1ccc(Br)cn1)c1sccc1S(=O)(=O)N1CCc2ccccc2C1. The van der Waals surface area contributed by atoms with E-state index in [-0.39, 0.29) is 9.77 Å². The monoisotopic (exact) mass is 477 g/mol. The molecule has 0 atom stereocenters. The highest BCUT2D eigenvalue weighted by Gasteiger charge is 2.32. The number of fused-ring (bicyclic) bond motifs is 1. The highest BCUT2D eigenvalue weighted by molar-refractivity contribution is 9.10. The van der Waals surface area contributed by atoms with Crippen molar-refractivity contribution in [3.8, 4) is 0 Å². The molecular weight excluding hydrogens is 462 g/mol. The molecule has 0 saturated heterocycles. The summed E-state index contributed by atoms with van der Waals surface area (Å²) in [4.78, 5) is 17.0. The molecule has 3 heterocycles. The van der Waals surface area contributed by atoms with Crippen molar-refractivity contribution in [3.05, 3.63) is 74.5 Å². The number of hydrogen-bond donors (Lipinski definition) is 1. The number of pyridine rings is 1. The van der Waals surface area contributed by atoms with Gasteiger partial charge in [-0.2, -0.15) is 4.31 Å². The lowest BCUT2D eigenvalue weighted by Gasteiger charge is -2.28. The van der Waals surface area contributed by atoms with Crippen LogP contribution in [0.15, 0.2) is 63.4 Å². The van der Waals surface area contributed by atoms with Crippen LogP contribution in [0.1, 0.15) is 20.8 Å². The molecule has 6 nitrogen and oxygen atoms in total. The number of benzene rings is 1. The van der Waals surface area contributed by atoms with Crippen molar-refractivity contribution in [2.24, 2.45) is 0 Å². The number of amides is 1. The average molecular weight is 478 g/mol. The Morgan fingerprint density at radius 3 is 2.68 bits per heavy atom. The Hall–Kier alpha value is -2.07. The van der Waals surface area contributed by atoms with Crippen LogP contribution in [0.2, 0.25) is 0 Å². The van der Waals surface area contributed by atoms with Gasteiger partial charge in [0.15, 0.2) is 0 Å². The van der Waals surface area contributed by atoms with E-state index in [0.717, 1.165) is 21.4 Å². The van der Waals surface area contributed by atoms with Crippen LogP contribution < -0.4 is 5.32 Å². The Bertz CT molecular complexity index is 1130. The molecule has 0 bridgehead atoms. The zero-order valence-electron chi connectivity index (χ0n) is 14.6. The van der Waals surface area contributed by atoms with Crippen LogP contribution in [0.3, 0.4) is 0 Å². The van der Waals surface area contributed by atoms with Gasteiger partial charge in [-0.1, -0.05) is 24.3 Å². The molecule has 2 aromatic heterocycles. The molecule has 144 valence electrons. The first kappa shape index (κ1) is 19.3. The van der Waals surface area contributed by atoms with Gasteiger partial charge in [0.2, 0.25) is 10.0 Å². The lowest BCUT2D eigenvalue weighted by molar-refractivity contribution is 0.102. The number of carbonyl (C=O) groups is 1. The van der Waals surface area contributed by atoms with Gasteiger partial charge in [-0.15, -0.1) is 11.3 Å². The second kappa shape index (κ2) is 7.75. The maximum Gasteiger partial charge on any atom is 0.268 e. The first-order valence-corrected chi connectivity index (χ1v) is 11.6. The Morgan fingerprint density at radius 2 is 1.93 bits per heavy atom. The van der Waals surface area contributed by atoms with Crippen molar-refractivity contribution in [2.75, 3.05) is 11.9 Å². The van der Waals surface area contributed by atoms with E-state index in [0.29, 0.717) is 25.3 Å². The van der Waals surface area contributed by atoms with Gasteiger partial charge in [0.05, 0.1) is 0 Å². The molecule has 1 aromatic carbocycles. The zero-order chi connectivity index (χ0) is 19.7. The molecule has 0 spiro atoms. The van der Waals surface area contributed by atoms with Crippen molar-refractivity contribution >= 4 is 49.0 Å². The summed E-state index contributed by atoms with van der Waals surface area (Å²) in [6, 6.07) is 12.7. The second-order valence-electron chi connectivity index (χ2n) is 6.29. The van der Waals surface area contributed by atoms with Crippen LogP contribution in [-0.2, 0) is 23.0 Å². The second-order valence-corrected chi connectivity index (χ2v) is 10.0. The summed E-state index contributed by atoms with van der Waals surface area (Å²) < 4.78 is 28.6. The van der Waals surface area contributed by atoms with E-state index in [1.54, 1.807) is 23.7 Å². The number of aromatic nitrogens is 1. The number of sulfonamides is 1. The molecule has 1 amide bonds. The molecule has 1 aliphatic heterocycles. The van der Waals surface area contributed by atoms with Gasteiger partial charge in [-0.3, -0.25) is 4.79 Å². The van der Waals surface area contributed by atoms with Crippen molar-refractivity contribution in [1.82, 2.24) is 9.29 Å². The Labute approximate surface area is 175 Å². The molecule has 0 saturated carbocycles. The number of hydrogen-bond acceptors (Lipinski definition) is 5. The third-order valence-electron chi connectivity index (χ3n) is 4.52. The third-order valence-corrected chi connectivity index (χ3v) is 7.92. The summed E-state index contributed by atoms with van der Waals surface area (Å²) in [6.45, 7) is 0.703. The third kappa shape index (κ3) is 3.75. The van der Waals surface area contributed by atoms with Crippen LogP contribution in [0.5, 0.6) is 0 Å². The standard InChI is InChI=1S/C19H16BrN3O3S2/c20-15-5-6-17(21-11-15)22-19(24)18-16(8-10-27-18)28(25,26)23-9-7-13-3-1-2-4-14(13)12-23/h1-6,8,10-11H,7,9,12H2,(H,21,22,24). The molecule has 0 aliphatic carbocycles. The van der Waals surface area contributed by atoms with Crippen molar-refractivity contribution in [1.29, 1.82) is 0 Å². The minimum absolute atomic E-state index is 0.0338. The number of anilines is 1. The molecule has 28 heavy (non-hydrogen) atoms. The van der Waals surface area contributed by atoms with Gasteiger partial charge in [0, 0.05) is 23.8 Å². The number of nitrogens with one attached hydrogen (secondary N) is 1. The zero-order valence-corrected chi connectivity index (χ0v) is 17.9. The first-order valence-electron chi connectivity index (χ1n) is 8.52. The number of halogens is 1. The molecule has 1 aliphatic rings. The molecule has 4 rings (SSSR count). The maximum atomic E-state index is 13.2. The Kier molecular flexibility index (Phi) is 5.33. The number of thiophene rings is 1. The molecule has 1 N–H and O–H groups in total. The fraction of sp³-hybridized carbons (Fsp3) is 0.158. The summed E-state index contributed by atoms with van der Waals surface area (Å²) >= 11 is 4.39. The van der Waals surface area contributed by atoms with Crippen molar-refractivity contribution < 1.29 is 13.2 Å². The lowest BCUT2D eigenvalue weighted by Crippen LogP contribution is -2.36. The number of nitrogens with zero attached hydrogens (tertiary/aromatic N) is 2. The van der Waals surface area contributed by atoms with Crippen LogP contribution in [0, 0.1) is 0 Å². The van der Waals surface area contributed by atoms with Crippen LogP contribution in [0.25, 0.3) is 0 Å². The van der Waals surface area contributed by atoms with Gasteiger partial charge >= 0.3 is 0 Å². The predicted octanol–water partition coefficient (Wildman–Crippen LogP) is 3.90. The molecule has 0 fully saturated rings. The summed E-state index contributed by atoms with van der Waals surface area (Å²) in [6.07, 6.45) is 2.22. The van der Waals surface area contributed by atoms with Gasteiger partial charge in [-0.05, 0) is 57.1 Å². The minimum atomic E-state index is -3.78. The van der Waals surface area contributed by atoms with E-state index in [4.69, 9.17) is 0 Å². The van der Waals surface area contributed by atoms with Crippen LogP contribution >= 0.6 is 27.3 Å². The van der Waals surface area contributed by atoms with E-state index in [1.807, 2.05) is 24.3 Å². The molecule has 9 heteroatoms. The smallest absolute Gasteiger partial charge is 0.268 e. The summed E-state index contributed by atoms with van der Waals surface area (Å²) in [5.74, 6) is -0.127. The van der Waals surface area contributed by atoms with Crippen LogP contribution in [0.4, 0.5) is 5.82 Å². The fourth-order valence-electron chi connectivity index (χ4n) is 3.10. The highest BCUT2D eigenvalue weighted by Crippen LogP contribution is 2.29. The largest absolute Gasteiger partial charge is 0.306 e. The minimum Gasteiger partial charge on any atom is -0.306 e. The number of carbonyl (C=O) groups excluding carboxylic acids is 1. The quantitative estimate of drug-likeness (QED) is 0.617. The summed E-state index contributed by atoms with van der Waals surface area (Å²) in [5.41, 5.74) is 2.16. The average Bonchev–Trinajstić information content (AvgIpc) is 3.20. The van der Waals surface area contributed by atoms with Gasteiger partial charge in [0.25, 0.3) is 5.91 Å². The topological polar surface area (TPSA) is 79.4 Å². The van der Waals surface area contributed by atoms with E-state index in [2.05, 4.69) is 26.2 Å². The maximum absolute atomic E-state index is 13.2. The predicted molar refractivity (Wildman–Crippen MR) is 112 cm³/mol. The first-order chi connectivity index (χ1) is 13.4. The van der Waals surface area contributed by atoms with E-state index in [9.17, 15) is 13.2 Å². The molecule has 0 radical (unpaired) electrons. The Morgan fingerprint density at radius 1 is 1.14 bits per heavy atom. The van der Waals surface area contributed by atoms with Crippen molar-refractivity contribution in [3.63, 3.8) is 0 Å². The molecule has 3 aromatic rings. The van der Waals surface area contributed by atoms with Crippen molar-refractivity contribution in [2.45, 2.75) is 17.9 Å². The van der Waals surface area contributed by atoms with E-state index in [1.165, 1.54) is 15.9 Å². The van der Waals surface area contributed by atoms with Gasteiger partial charge in [0.1, 0.15) is 15.6 Å². The van der Waals surface area contributed by atoms with E-state index >= 15 is 0 Å². The fourth-order valence-corrected chi connectivity index (χ4v) is 6.05. The summed E-state index contributed by atoms with van der Waals surface area (Å²) in [7, 11) is -3.78. The Balaban J connectivity index is 1.59. The van der Waals surface area contributed by atoms with Crippen LogP contribution in [-0.4, -0.2) is 30.2 Å². The molecule has 0 unspecified atom stereocenters. The molecular formula is C19H16BrN3O3S2. The summed E-state index contributed by atoms with van der Waals surface area (Å²) in [5, 5.41) is 4.28. The highest BCUT2D eigenvalue weighted by atomic mass is 79.9. The normalized spacial score (nSPS) is 14.5. The number of rotatable bonds is 4.